The van der Waals surface area contributed by atoms with E-state index < -0.39 is 189 Å². The minimum Gasteiger partial charge on any atom is -0.463 e. The zero-order valence-corrected chi connectivity index (χ0v) is 86.8. The van der Waals surface area contributed by atoms with Gasteiger partial charge in [-0.25, -0.2) is 0 Å². The lowest BCUT2D eigenvalue weighted by Crippen LogP contribution is -2.66. The highest BCUT2D eigenvalue weighted by atomic mass is 16.7. The van der Waals surface area contributed by atoms with Gasteiger partial charge in [0, 0.05) is 218 Å². The van der Waals surface area contributed by atoms with Gasteiger partial charge in [0.1, 0.15) is 62.0 Å². The molecule has 15 unspecified atom stereocenters. The minimum atomic E-state index is -1.31. The lowest BCUT2D eigenvalue weighted by atomic mass is 9.70. The molecule has 4 aliphatic heterocycles. The fourth-order valence-corrected chi connectivity index (χ4v) is 17.3. The average molecular weight is 2050 g/mol. The summed E-state index contributed by atoms with van der Waals surface area (Å²) in [6, 6.07) is -3.49. The summed E-state index contributed by atoms with van der Waals surface area (Å²) >= 11 is 0. The van der Waals surface area contributed by atoms with Crippen LogP contribution in [0.15, 0.2) is 0 Å². The summed E-state index contributed by atoms with van der Waals surface area (Å²) in [7, 11) is 0. The van der Waals surface area contributed by atoms with Crippen molar-refractivity contribution in [2.45, 2.75) is 401 Å². The van der Waals surface area contributed by atoms with Crippen LogP contribution < -0.4 is 47.9 Å². The van der Waals surface area contributed by atoms with Crippen molar-refractivity contribution in [1.29, 1.82) is 0 Å². The fourth-order valence-electron chi connectivity index (χ4n) is 17.3. The number of carbonyl (C=O) groups is 20. The number of piperidine rings is 1. The largest absolute Gasteiger partial charge is 0.463 e. The monoisotopic (exact) mass is 2050 g/mol. The van der Waals surface area contributed by atoms with Gasteiger partial charge in [-0.3, -0.25) is 95.9 Å². The van der Waals surface area contributed by atoms with E-state index in [0.29, 0.717) is 155 Å². The maximum Gasteiger partial charge on any atom is 0.303 e. The van der Waals surface area contributed by atoms with Crippen molar-refractivity contribution >= 4 is 119 Å². The molecule has 818 valence electrons. The number of ether oxygens (including phenoxy) is 15. The molecular weight excluding hydrogens is 1890 g/mol. The number of unbranched alkanes of at least 4 members (excludes halogenated alkanes) is 16. The molecule has 144 heavy (non-hydrogen) atoms. The van der Waals surface area contributed by atoms with Crippen LogP contribution in [0.5, 0.6) is 0 Å². The number of rotatable bonds is 70. The molecule has 15 atom stereocenters. The molecule has 45 heteroatoms. The molecule has 0 aliphatic carbocycles. The molecule has 4 saturated heterocycles. The molecule has 4 aliphatic rings. The van der Waals surface area contributed by atoms with Gasteiger partial charge in [0.25, 0.3) is 0 Å². The SMILES string of the molecule is CC(=O)NC1C(OCCCCC(=O)NCCCCCC(=O)NCC(CNC(=O)CCCCCNC(=O)CCCCOC2OC(COC(C)=O)C(OC(C)=O)C(OC(C)=O)C2NC(C)=O)(CNC(=O)CCCCCNC(=O)CCCCOC2OC(COC(C)=O)C(OC(C)=O)C(OC(C)=O)C2NC(C)=O)C2CCN(C(=O)CCCCCCCCCCC(=O)C(C)C)CC2)OC(COC(C)=O)C(OC(C)=O)C1OC(C)=O. The highest BCUT2D eigenvalue weighted by Gasteiger charge is 2.55. The molecule has 0 bridgehead atoms. The van der Waals surface area contributed by atoms with Crippen molar-refractivity contribution < 1.29 is 167 Å². The van der Waals surface area contributed by atoms with Crippen LogP contribution in [0.1, 0.15) is 309 Å². The maximum atomic E-state index is 14.1. The van der Waals surface area contributed by atoms with Crippen molar-refractivity contribution in [3.05, 3.63) is 0 Å². The molecule has 9 N–H and O–H groups in total. The molecule has 0 aromatic carbocycles. The number of amides is 10. The zero-order valence-electron chi connectivity index (χ0n) is 86.8. The van der Waals surface area contributed by atoms with Crippen molar-refractivity contribution in [3.8, 4) is 0 Å². The van der Waals surface area contributed by atoms with Crippen LogP contribution in [0, 0.1) is 17.3 Å². The number of nitrogens with one attached hydrogen (secondary N) is 9. The predicted octanol–water partition coefficient (Wildman–Crippen LogP) is 5.24. The molecule has 10 amide bonds. The number of ketones is 1. The molecular formula is C99H162N10O35. The molecule has 0 radical (unpaired) electrons. The molecule has 45 nitrogen and oxygen atoms in total. The Morgan fingerprint density at radius 3 is 0.799 bits per heavy atom. The normalized spacial score (nSPS) is 21.8. The zero-order chi connectivity index (χ0) is 107. The molecule has 0 spiro atoms. The molecule has 0 aromatic heterocycles. The predicted molar refractivity (Wildman–Crippen MR) is 513 cm³/mol. The quantitative estimate of drug-likeness (QED) is 0.0213. The fraction of sp³-hybridized carbons (Fsp3) is 0.798. The summed E-state index contributed by atoms with van der Waals surface area (Å²) in [6.45, 7) is 18.4. The van der Waals surface area contributed by atoms with Gasteiger partial charge in [-0.15, -0.1) is 0 Å². The number of hydrogen-bond donors (Lipinski definition) is 9. The third-order valence-corrected chi connectivity index (χ3v) is 24.5. The minimum absolute atomic E-state index is 0.00651. The lowest BCUT2D eigenvalue weighted by Gasteiger charge is -2.45. The molecule has 4 rings (SSSR count). The Hall–Kier alpha value is -10.6. The van der Waals surface area contributed by atoms with Crippen LogP contribution in [0.25, 0.3) is 0 Å². The second kappa shape index (κ2) is 70.2. The van der Waals surface area contributed by atoms with E-state index >= 15 is 0 Å². The molecule has 0 aromatic rings. The number of nitrogens with zero attached hydrogens (tertiary/aromatic N) is 1. The van der Waals surface area contributed by atoms with E-state index in [4.69, 9.17) is 71.1 Å². The average Bonchev–Trinajstić information content (AvgIpc) is 0.790. The summed E-state index contributed by atoms with van der Waals surface area (Å²) in [6.07, 6.45) is 1.71. The first kappa shape index (κ1) is 126. The van der Waals surface area contributed by atoms with Crippen LogP contribution in [-0.4, -0.2) is 307 Å². The Labute approximate surface area is 844 Å². The highest BCUT2D eigenvalue weighted by Crippen LogP contribution is 2.37. The summed E-state index contributed by atoms with van der Waals surface area (Å²) in [4.78, 5) is 256. The van der Waals surface area contributed by atoms with Crippen LogP contribution >= 0.6 is 0 Å². The third-order valence-electron chi connectivity index (χ3n) is 24.5. The highest BCUT2D eigenvalue weighted by molar-refractivity contribution is 5.81. The van der Waals surface area contributed by atoms with Gasteiger partial charge in [0.05, 0.1) is 0 Å². The number of hydrogen-bond acceptors (Lipinski definition) is 35. The topological polar surface area (TPSA) is 591 Å². The standard InChI is InChI=1S/C99H162N10O35/c1-62(2)76(122)38-24-19-17-15-16-18-20-28-45-86(129)109-51-46-75(47-52-109)99(59-103-83(126)39-25-21-32-48-100-80(123)42-29-35-53-130-96-87(106-63(3)110)93(139-72(12)119)90(136-69(9)116)77(142-96)56-133-66(6)113,60-104-84(127)40-26-22-33-49-101-81(124)43-30-36-54-131-97-88(107-64(4)111)94(140-73(13)120)91(137-70(10)117)78(143-97)57-134-67(7)114)61-105-85(128)41-27-23-34-50-102-82(125)44-31-37-55-132-98-89(108-65(5)112)95(141-74(14)121)92(138-71(11)118)79(144-98)58-135-68(8)115/h62,75,77-79,87-98H,15-61H2,1-14H3,(H,100,123)(H,101,124)(H,102,125)(H,103,126)(H,104,127)(H,105,128)(H,106,110)(H,107,111)(H,108,112). The van der Waals surface area contributed by atoms with E-state index in [1.54, 1.807) is 0 Å². The summed E-state index contributed by atoms with van der Waals surface area (Å²) in [5.74, 6) is -9.69. The Kier molecular flexibility index (Phi) is 61.3. The van der Waals surface area contributed by atoms with E-state index in [2.05, 4.69) is 47.9 Å². The van der Waals surface area contributed by atoms with E-state index in [1.165, 1.54) is 41.5 Å². The first-order chi connectivity index (χ1) is 68.5. The van der Waals surface area contributed by atoms with E-state index in [0.717, 1.165) is 92.9 Å². The Balaban J connectivity index is 1.44. The van der Waals surface area contributed by atoms with Gasteiger partial charge in [0.15, 0.2) is 55.5 Å². The number of carbonyl (C=O) groups excluding carboxylic acids is 20. The summed E-state index contributed by atoms with van der Waals surface area (Å²) in [5.41, 5.74) is -0.987. The smallest absolute Gasteiger partial charge is 0.303 e. The first-order valence-corrected chi connectivity index (χ1v) is 50.9. The second-order valence-corrected chi connectivity index (χ2v) is 37.4. The van der Waals surface area contributed by atoms with Crippen LogP contribution in [0.2, 0.25) is 0 Å². The van der Waals surface area contributed by atoms with Crippen molar-refractivity contribution in [2.24, 2.45) is 17.3 Å². The Morgan fingerprint density at radius 2 is 0.535 bits per heavy atom. The van der Waals surface area contributed by atoms with Gasteiger partial charge in [-0.1, -0.05) is 71.6 Å². The Morgan fingerprint density at radius 1 is 0.292 bits per heavy atom. The molecule has 4 fully saturated rings. The summed E-state index contributed by atoms with van der Waals surface area (Å²) in [5, 5.41) is 26.1. The van der Waals surface area contributed by atoms with Crippen molar-refractivity contribution in [2.75, 3.05) is 92.0 Å². The Bertz CT molecular complexity index is 3730. The van der Waals surface area contributed by atoms with Crippen LogP contribution in [0.3, 0.4) is 0 Å². The summed E-state index contributed by atoms with van der Waals surface area (Å²) < 4.78 is 84.8. The first-order valence-electron chi connectivity index (χ1n) is 50.9. The second-order valence-electron chi connectivity index (χ2n) is 37.4. The lowest BCUT2D eigenvalue weighted by molar-refractivity contribution is -0.277. The van der Waals surface area contributed by atoms with E-state index in [9.17, 15) is 95.9 Å². The van der Waals surface area contributed by atoms with Gasteiger partial charge < -0.3 is 124 Å². The molecule has 0 saturated carbocycles. The number of Topliss-reactive ketones (excluding diaryl/α,β-unsaturated/α-hetero) is 1. The van der Waals surface area contributed by atoms with Crippen LogP contribution in [-0.2, 0) is 167 Å². The van der Waals surface area contributed by atoms with E-state index in [1.807, 2.05) is 18.7 Å². The number of esters is 9. The molecule has 4 heterocycles. The van der Waals surface area contributed by atoms with Gasteiger partial charge in [-0.2, -0.15) is 0 Å². The van der Waals surface area contributed by atoms with Crippen molar-refractivity contribution in [3.63, 3.8) is 0 Å². The van der Waals surface area contributed by atoms with Gasteiger partial charge >= 0.3 is 53.7 Å². The van der Waals surface area contributed by atoms with Gasteiger partial charge in [-0.05, 0) is 109 Å². The van der Waals surface area contributed by atoms with Crippen molar-refractivity contribution in [1.82, 2.24) is 52.8 Å². The van der Waals surface area contributed by atoms with Gasteiger partial charge in [0.2, 0.25) is 59.1 Å². The number of likely N-dealkylation sites (tertiary alicyclic amines) is 1. The third kappa shape index (κ3) is 52.4. The van der Waals surface area contributed by atoms with E-state index in [-0.39, 0.29) is 137 Å². The van der Waals surface area contributed by atoms with Crippen LogP contribution in [0.4, 0.5) is 0 Å². The maximum absolute atomic E-state index is 14.1.